The zero-order chi connectivity index (χ0) is 18.4. The van der Waals surface area contributed by atoms with Crippen LogP contribution in [0.15, 0.2) is 42.5 Å². The SMILES string of the molecule is CC(=O)Nc1ccc(CC(=O)OCC(=O)c2cc(F)ccc2F)cc1. The van der Waals surface area contributed by atoms with Gasteiger partial charge in [-0.25, -0.2) is 8.78 Å². The molecule has 130 valence electrons. The summed E-state index contributed by atoms with van der Waals surface area (Å²) in [5.41, 5.74) is 0.734. The second kappa shape index (κ2) is 8.14. The van der Waals surface area contributed by atoms with E-state index in [9.17, 15) is 23.2 Å². The van der Waals surface area contributed by atoms with Crippen LogP contribution < -0.4 is 5.32 Å². The molecule has 1 amide bonds. The number of benzene rings is 2. The Balaban J connectivity index is 1.89. The van der Waals surface area contributed by atoms with Gasteiger partial charge < -0.3 is 10.1 Å². The molecule has 0 bridgehead atoms. The van der Waals surface area contributed by atoms with Crippen molar-refractivity contribution in [3.63, 3.8) is 0 Å². The molecule has 0 aliphatic rings. The van der Waals surface area contributed by atoms with Crippen molar-refractivity contribution in [2.75, 3.05) is 11.9 Å². The van der Waals surface area contributed by atoms with Crippen LogP contribution in [-0.4, -0.2) is 24.3 Å². The molecule has 0 spiro atoms. The highest BCUT2D eigenvalue weighted by Gasteiger charge is 2.15. The van der Waals surface area contributed by atoms with Crippen molar-refractivity contribution in [1.29, 1.82) is 0 Å². The van der Waals surface area contributed by atoms with Crippen LogP contribution in [0.4, 0.5) is 14.5 Å². The zero-order valence-corrected chi connectivity index (χ0v) is 13.3. The van der Waals surface area contributed by atoms with E-state index in [4.69, 9.17) is 4.74 Å². The second-order valence-electron chi connectivity index (χ2n) is 5.26. The zero-order valence-electron chi connectivity index (χ0n) is 13.3. The van der Waals surface area contributed by atoms with Gasteiger partial charge in [0.25, 0.3) is 0 Å². The van der Waals surface area contributed by atoms with Crippen molar-refractivity contribution >= 4 is 23.3 Å². The number of esters is 1. The molecule has 7 heteroatoms. The van der Waals surface area contributed by atoms with E-state index >= 15 is 0 Å². The van der Waals surface area contributed by atoms with E-state index in [-0.39, 0.29) is 12.3 Å². The number of amides is 1. The van der Waals surface area contributed by atoms with Crippen LogP contribution in [0.1, 0.15) is 22.8 Å². The molecule has 0 saturated heterocycles. The summed E-state index contributed by atoms with van der Waals surface area (Å²) in [5, 5.41) is 2.59. The highest BCUT2D eigenvalue weighted by atomic mass is 19.1. The third-order valence-electron chi connectivity index (χ3n) is 3.22. The second-order valence-corrected chi connectivity index (χ2v) is 5.26. The summed E-state index contributed by atoms with van der Waals surface area (Å²) in [6.45, 7) is 0.701. The van der Waals surface area contributed by atoms with Gasteiger partial charge in [0.1, 0.15) is 11.6 Å². The van der Waals surface area contributed by atoms with Crippen LogP contribution in [0.3, 0.4) is 0 Å². The number of hydrogen-bond donors (Lipinski definition) is 1. The first kappa shape index (κ1) is 18.3. The van der Waals surface area contributed by atoms with Crippen molar-refractivity contribution in [3.8, 4) is 0 Å². The van der Waals surface area contributed by atoms with E-state index in [1.54, 1.807) is 24.3 Å². The third kappa shape index (κ3) is 5.49. The lowest BCUT2D eigenvalue weighted by atomic mass is 10.1. The molecule has 0 aromatic heterocycles. The summed E-state index contributed by atoms with van der Waals surface area (Å²) >= 11 is 0. The number of carbonyl (C=O) groups is 3. The van der Waals surface area contributed by atoms with Gasteiger partial charge in [-0.1, -0.05) is 12.1 Å². The van der Waals surface area contributed by atoms with Gasteiger partial charge in [0.2, 0.25) is 11.7 Å². The van der Waals surface area contributed by atoms with Crippen molar-refractivity contribution in [2.24, 2.45) is 0 Å². The maximum atomic E-state index is 13.5. The van der Waals surface area contributed by atoms with Crippen molar-refractivity contribution in [2.45, 2.75) is 13.3 Å². The lowest BCUT2D eigenvalue weighted by molar-refractivity contribution is -0.141. The monoisotopic (exact) mass is 347 g/mol. The first-order valence-electron chi connectivity index (χ1n) is 7.35. The van der Waals surface area contributed by atoms with E-state index in [2.05, 4.69) is 5.32 Å². The van der Waals surface area contributed by atoms with Crippen LogP contribution in [0, 0.1) is 11.6 Å². The standard InChI is InChI=1S/C18H15F2NO4/c1-11(22)21-14-5-2-12(3-6-14)8-18(24)25-10-17(23)15-9-13(19)4-7-16(15)20/h2-7,9H,8,10H2,1H3,(H,21,22). The molecule has 0 heterocycles. The number of rotatable bonds is 6. The van der Waals surface area contributed by atoms with Crippen LogP contribution in [0.5, 0.6) is 0 Å². The predicted molar refractivity (Wildman–Crippen MR) is 86.1 cm³/mol. The predicted octanol–water partition coefficient (Wildman–Crippen LogP) is 2.89. The molecule has 0 atom stereocenters. The highest BCUT2D eigenvalue weighted by Crippen LogP contribution is 2.12. The average Bonchev–Trinajstić information content (AvgIpc) is 2.56. The van der Waals surface area contributed by atoms with Crippen LogP contribution in [-0.2, 0) is 20.7 Å². The van der Waals surface area contributed by atoms with E-state index in [0.717, 1.165) is 18.2 Å². The molecule has 0 saturated carbocycles. The molecular formula is C18H15F2NO4. The molecule has 25 heavy (non-hydrogen) atoms. The molecule has 2 aromatic carbocycles. The van der Waals surface area contributed by atoms with Gasteiger partial charge in [-0.15, -0.1) is 0 Å². The molecule has 1 N–H and O–H groups in total. The molecule has 0 unspecified atom stereocenters. The van der Waals surface area contributed by atoms with E-state index in [1.807, 2.05) is 0 Å². The first-order chi connectivity index (χ1) is 11.8. The Bertz CT molecular complexity index is 803. The Morgan fingerprint density at radius 2 is 1.72 bits per heavy atom. The molecular weight excluding hydrogens is 332 g/mol. The summed E-state index contributed by atoms with van der Waals surface area (Å²) in [6, 6.07) is 8.98. The highest BCUT2D eigenvalue weighted by molar-refractivity contribution is 5.98. The smallest absolute Gasteiger partial charge is 0.310 e. The minimum atomic E-state index is -0.879. The van der Waals surface area contributed by atoms with Gasteiger partial charge in [0, 0.05) is 12.6 Å². The quantitative estimate of drug-likeness (QED) is 0.644. The van der Waals surface area contributed by atoms with Crippen molar-refractivity contribution in [3.05, 3.63) is 65.2 Å². The fourth-order valence-corrected chi connectivity index (χ4v) is 2.06. The topological polar surface area (TPSA) is 72.5 Å². The van der Waals surface area contributed by atoms with Gasteiger partial charge in [0.15, 0.2) is 6.61 Å². The molecule has 2 rings (SSSR count). The molecule has 0 fully saturated rings. The van der Waals surface area contributed by atoms with Gasteiger partial charge in [-0.3, -0.25) is 14.4 Å². The largest absolute Gasteiger partial charge is 0.457 e. The maximum Gasteiger partial charge on any atom is 0.310 e. The number of Topliss-reactive ketones (excluding diaryl/α,β-unsaturated/α-hetero) is 1. The van der Waals surface area contributed by atoms with Gasteiger partial charge >= 0.3 is 5.97 Å². The van der Waals surface area contributed by atoms with E-state index < -0.39 is 35.6 Å². The van der Waals surface area contributed by atoms with Gasteiger partial charge in [-0.05, 0) is 35.9 Å². The fraction of sp³-hybridized carbons (Fsp3) is 0.167. The number of ether oxygens (including phenoxy) is 1. The third-order valence-corrected chi connectivity index (χ3v) is 3.22. The lowest BCUT2D eigenvalue weighted by Gasteiger charge is -2.07. The minimum absolute atomic E-state index is 0.0980. The molecule has 0 aliphatic heterocycles. The Kier molecular flexibility index (Phi) is 5.94. The maximum absolute atomic E-state index is 13.5. The van der Waals surface area contributed by atoms with Crippen molar-refractivity contribution in [1.82, 2.24) is 0 Å². The van der Waals surface area contributed by atoms with Crippen molar-refractivity contribution < 1.29 is 27.9 Å². The van der Waals surface area contributed by atoms with Gasteiger partial charge in [-0.2, -0.15) is 0 Å². The summed E-state index contributed by atoms with van der Waals surface area (Å²) in [7, 11) is 0. The lowest BCUT2D eigenvalue weighted by Crippen LogP contribution is -2.17. The number of halogens is 2. The number of ketones is 1. The van der Waals surface area contributed by atoms with Crippen LogP contribution >= 0.6 is 0 Å². The summed E-state index contributed by atoms with van der Waals surface area (Å²) in [5.74, 6) is -3.36. The summed E-state index contributed by atoms with van der Waals surface area (Å²) in [4.78, 5) is 34.5. The minimum Gasteiger partial charge on any atom is -0.457 e. The Labute approximate surface area is 142 Å². The van der Waals surface area contributed by atoms with Gasteiger partial charge in [0.05, 0.1) is 12.0 Å². The Morgan fingerprint density at radius 1 is 1.04 bits per heavy atom. The van der Waals surface area contributed by atoms with Crippen LogP contribution in [0.25, 0.3) is 0 Å². The Morgan fingerprint density at radius 3 is 2.36 bits per heavy atom. The number of anilines is 1. The molecule has 2 aromatic rings. The number of hydrogen-bond acceptors (Lipinski definition) is 4. The Hall–Kier alpha value is -3.09. The molecule has 0 aliphatic carbocycles. The van der Waals surface area contributed by atoms with Crippen LogP contribution in [0.2, 0.25) is 0 Å². The normalized spacial score (nSPS) is 10.2. The molecule has 5 nitrogen and oxygen atoms in total. The average molecular weight is 347 g/mol. The fourth-order valence-electron chi connectivity index (χ4n) is 2.06. The number of nitrogens with one attached hydrogen (secondary N) is 1. The van der Waals surface area contributed by atoms with E-state index in [0.29, 0.717) is 11.3 Å². The summed E-state index contributed by atoms with van der Waals surface area (Å²) in [6.07, 6.45) is -0.0980. The summed E-state index contributed by atoms with van der Waals surface area (Å²) < 4.78 is 31.3. The molecule has 0 radical (unpaired) electrons. The first-order valence-corrected chi connectivity index (χ1v) is 7.35. The van der Waals surface area contributed by atoms with E-state index in [1.165, 1.54) is 6.92 Å². The number of carbonyl (C=O) groups excluding carboxylic acids is 3.